The molecule has 0 aliphatic rings. The third kappa shape index (κ3) is 3.68. The smallest absolute Gasteiger partial charge is 0.358 e. The molecule has 0 amide bonds. The van der Waals surface area contributed by atoms with Crippen LogP contribution in [0, 0.1) is 0 Å². The van der Waals surface area contributed by atoms with Crippen molar-refractivity contribution in [2.24, 2.45) is 0 Å². The molecule has 10 nitrogen and oxygen atoms in total. The quantitative estimate of drug-likeness (QED) is 0.715. The van der Waals surface area contributed by atoms with E-state index < -0.39 is 16.0 Å². The minimum Gasteiger partial charge on any atom is -0.476 e. The molecule has 0 aromatic carbocycles. The Kier molecular flexibility index (Phi) is 4.56. The van der Waals surface area contributed by atoms with Gasteiger partial charge in [0.25, 0.3) is 0 Å². The first-order valence-electron chi connectivity index (χ1n) is 6.47. The summed E-state index contributed by atoms with van der Waals surface area (Å²) in [4.78, 5) is 10.7. The molecule has 0 bridgehead atoms. The van der Waals surface area contributed by atoms with E-state index in [2.05, 4.69) is 20.1 Å². The zero-order valence-electron chi connectivity index (χ0n) is 12.0. The Morgan fingerprint density at radius 1 is 1.41 bits per heavy atom. The standard InChI is InChI=1S/C11H16N6O4S/c1-8(2)17-6-9(5-12-17)22(20,21)13-3-4-16-7-10(11(18)19)14-15-16/h5-8,13H,3-4H2,1-2H3,(H,18,19). The number of hydrogen-bond donors (Lipinski definition) is 2. The van der Waals surface area contributed by atoms with Crippen LogP contribution in [-0.2, 0) is 16.6 Å². The molecule has 2 N–H and O–H groups in total. The van der Waals surface area contributed by atoms with Crippen molar-refractivity contribution in [3.05, 3.63) is 24.3 Å². The maximum atomic E-state index is 12.1. The third-order valence-corrected chi connectivity index (χ3v) is 4.22. The molecule has 0 aliphatic carbocycles. The molecule has 2 heterocycles. The number of sulfonamides is 1. The van der Waals surface area contributed by atoms with Crippen LogP contribution in [0.3, 0.4) is 0 Å². The lowest BCUT2D eigenvalue weighted by atomic mass is 10.4. The summed E-state index contributed by atoms with van der Waals surface area (Å²) < 4.78 is 29.3. The lowest BCUT2D eigenvalue weighted by Gasteiger charge is -2.05. The number of carboxylic acid groups (broad SMARTS) is 1. The molecule has 2 aromatic heterocycles. The molecular weight excluding hydrogens is 312 g/mol. The van der Waals surface area contributed by atoms with Gasteiger partial charge in [-0.2, -0.15) is 5.10 Å². The van der Waals surface area contributed by atoms with Crippen molar-refractivity contribution >= 4 is 16.0 Å². The second-order valence-corrected chi connectivity index (χ2v) is 6.59. The topological polar surface area (TPSA) is 132 Å². The average molecular weight is 328 g/mol. The maximum absolute atomic E-state index is 12.1. The van der Waals surface area contributed by atoms with Gasteiger partial charge in [0.15, 0.2) is 5.69 Å². The highest BCUT2D eigenvalue weighted by Crippen LogP contribution is 2.10. The molecule has 0 spiro atoms. The fourth-order valence-electron chi connectivity index (χ4n) is 1.63. The Morgan fingerprint density at radius 2 is 2.14 bits per heavy atom. The summed E-state index contributed by atoms with van der Waals surface area (Å²) in [6.45, 7) is 4.00. The van der Waals surface area contributed by atoms with Gasteiger partial charge in [-0.05, 0) is 13.8 Å². The van der Waals surface area contributed by atoms with Gasteiger partial charge in [0, 0.05) is 18.8 Å². The fourth-order valence-corrected chi connectivity index (χ4v) is 2.58. The van der Waals surface area contributed by atoms with Crippen LogP contribution in [0.1, 0.15) is 30.4 Å². The SMILES string of the molecule is CC(C)n1cc(S(=O)(=O)NCCn2cc(C(=O)O)nn2)cn1. The highest BCUT2D eigenvalue weighted by atomic mass is 32.2. The normalized spacial score (nSPS) is 12.0. The highest BCUT2D eigenvalue weighted by molar-refractivity contribution is 7.89. The number of carboxylic acids is 1. The van der Waals surface area contributed by atoms with Crippen molar-refractivity contribution in [2.75, 3.05) is 6.54 Å². The van der Waals surface area contributed by atoms with Gasteiger partial charge in [-0.15, -0.1) is 5.10 Å². The van der Waals surface area contributed by atoms with E-state index in [1.165, 1.54) is 23.3 Å². The van der Waals surface area contributed by atoms with E-state index in [9.17, 15) is 13.2 Å². The number of nitrogens with one attached hydrogen (secondary N) is 1. The molecule has 120 valence electrons. The molecule has 0 radical (unpaired) electrons. The Morgan fingerprint density at radius 3 is 2.68 bits per heavy atom. The van der Waals surface area contributed by atoms with Crippen LogP contribution >= 0.6 is 0 Å². The second kappa shape index (κ2) is 6.23. The van der Waals surface area contributed by atoms with Crippen molar-refractivity contribution in [1.82, 2.24) is 29.5 Å². The van der Waals surface area contributed by atoms with Gasteiger partial charge in [-0.25, -0.2) is 17.9 Å². The van der Waals surface area contributed by atoms with Gasteiger partial charge in [0.1, 0.15) is 4.90 Å². The predicted octanol–water partition coefficient (Wildman–Crippen LogP) is -0.268. The van der Waals surface area contributed by atoms with E-state index in [1.54, 1.807) is 4.68 Å². The van der Waals surface area contributed by atoms with Gasteiger partial charge < -0.3 is 5.11 Å². The highest BCUT2D eigenvalue weighted by Gasteiger charge is 2.17. The Labute approximate surface area is 126 Å². The van der Waals surface area contributed by atoms with E-state index in [0.29, 0.717) is 0 Å². The van der Waals surface area contributed by atoms with Crippen molar-refractivity contribution in [3.63, 3.8) is 0 Å². The largest absolute Gasteiger partial charge is 0.476 e. The van der Waals surface area contributed by atoms with E-state index in [0.717, 1.165) is 0 Å². The number of carbonyl (C=O) groups is 1. The van der Waals surface area contributed by atoms with Crippen molar-refractivity contribution < 1.29 is 18.3 Å². The fraction of sp³-hybridized carbons (Fsp3) is 0.455. The summed E-state index contributed by atoms with van der Waals surface area (Å²) in [6.07, 6.45) is 3.96. The second-order valence-electron chi connectivity index (χ2n) is 4.82. The summed E-state index contributed by atoms with van der Waals surface area (Å²) in [6, 6.07) is 0.0635. The minimum absolute atomic E-state index is 0.0532. The zero-order valence-corrected chi connectivity index (χ0v) is 12.9. The molecule has 0 aliphatic heterocycles. The van der Waals surface area contributed by atoms with Crippen LogP contribution in [0.4, 0.5) is 0 Å². The molecule has 2 aromatic rings. The molecule has 11 heteroatoms. The number of aromatic carboxylic acids is 1. The molecule has 0 saturated heterocycles. The summed E-state index contributed by atoms with van der Waals surface area (Å²) in [5.41, 5.74) is -0.193. The molecule has 0 saturated carbocycles. The van der Waals surface area contributed by atoms with Crippen LogP contribution < -0.4 is 4.72 Å². The van der Waals surface area contributed by atoms with Crippen LogP contribution in [0.15, 0.2) is 23.5 Å². The summed E-state index contributed by atoms with van der Waals surface area (Å²) in [7, 11) is -3.66. The lowest BCUT2D eigenvalue weighted by Crippen LogP contribution is -2.27. The zero-order chi connectivity index (χ0) is 16.3. The van der Waals surface area contributed by atoms with E-state index in [-0.39, 0.29) is 29.7 Å². The monoisotopic (exact) mass is 328 g/mol. The third-order valence-electron chi connectivity index (χ3n) is 2.81. The van der Waals surface area contributed by atoms with Gasteiger partial charge in [0.2, 0.25) is 10.0 Å². The number of aromatic nitrogens is 5. The Balaban J connectivity index is 1.95. The molecular formula is C11H16N6O4S. The first kappa shape index (κ1) is 16.1. The number of hydrogen-bond acceptors (Lipinski definition) is 6. The van der Waals surface area contributed by atoms with Gasteiger partial charge in [-0.3, -0.25) is 9.36 Å². The van der Waals surface area contributed by atoms with Crippen LogP contribution in [0.2, 0.25) is 0 Å². The summed E-state index contributed by atoms with van der Waals surface area (Å²) in [5.74, 6) is -1.19. The first-order valence-corrected chi connectivity index (χ1v) is 7.95. The predicted molar refractivity (Wildman–Crippen MR) is 74.8 cm³/mol. The van der Waals surface area contributed by atoms with E-state index in [4.69, 9.17) is 5.11 Å². The van der Waals surface area contributed by atoms with E-state index in [1.807, 2.05) is 13.8 Å². The van der Waals surface area contributed by atoms with E-state index >= 15 is 0 Å². The van der Waals surface area contributed by atoms with Crippen LogP contribution in [0.5, 0.6) is 0 Å². The number of nitrogens with zero attached hydrogens (tertiary/aromatic N) is 5. The van der Waals surface area contributed by atoms with Crippen molar-refractivity contribution in [3.8, 4) is 0 Å². The number of rotatable bonds is 7. The molecule has 0 atom stereocenters. The minimum atomic E-state index is -3.66. The van der Waals surface area contributed by atoms with Gasteiger partial charge >= 0.3 is 5.97 Å². The lowest BCUT2D eigenvalue weighted by molar-refractivity contribution is 0.0690. The molecule has 0 unspecified atom stereocenters. The van der Waals surface area contributed by atoms with Gasteiger partial charge in [-0.1, -0.05) is 5.21 Å². The Bertz CT molecular complexity index is 763. The van der Waals surface area contributed by atoms with Crippen LogP contribution in [-0.4, -0.2) is 50.8 Å². The van der Waals surface area contributed by atoms with Gasteiger partial charge in [0.05, 0.1) is 18.9 Å². The molecule has 22 heavy (non-hydrogen) atoms. The van der Waals surface area contributed by atoms with Crippen LogP contribution in [0.25, 0.3) is 0 Å². The summed E-state index contributed by atoms with van der Waals surface area (Å²) >= 11 is 0. The maximum Gasteiger partial charge on any atom is 0.358 e. The average Bonchev–Trinajstić information content (AvgIpc) is 3.07. The van der Waals surface area contributed by atoms with Crippen molar-refractivity contribution in [2.45, 2.75) is 31.3 Å². The molecule has 0 fully saturated rings. The Hall–Kier alpha value is -2.27. The first-order chi connectivity index (χ1) is 10.3. The van der Waals surface area contributed by atoms with Crippen molar-refractivity contribution in [1.29, 1.82) is 0 Å². The summed E-state index contributed by atoms with van der Waals surface area (Å²) in [5, 5.41) is 19.7. The molecule has 2 rings (SSSR count).